The molecule has 1 aliphatic rings. The standard InChI is InChI=1S/C23H15Cl2F4N3O3/c24-17-9-12(10-18(25)20(17)26)22(23(27,28)29)11-19(32-35-22)15-5-6-16(21(33)30-7-8-31-34)14-4-2-1-3-13(14)15/h1-6,9-10H,7-8,11H2,(H,30,33). The number of benzene rings is 3. The van der Waals surface area contributed by atoms with E-state index in [9.17, 15) is 27.3 Å². The maximum absolute atomic E-state index is 14.3. The fourth-order valence-electron chi connectivity index (χ4n) is 3.90. The monoisotopic (exact) mass is 527 g/mol. The van der Waals surface area contributed by atoms with Crippen molar-refractivity contribution in [2.75, 3.05) is 13.1 Å². The molecule has 0 radical (unpaired) electrons. The number of hydrogen-bond acceptors (Lipinski definition) is 5. The number of rotatable bonds is 6. The Morgan fingerprint density at radius 1 is 1.11 bits per heavy atom. The predicted molar refractivity (Wildman–Crippen MR) is 123 cm³/mol. The molecule has 0 aliphatic carbocycles. The highest BCUT2D eigenvalue weighted by atomic mass is 35.5. The molecule has 1 heterocycles. The second kappa shape index (κ2) is 9.43. The second-order valence-electron chi connectivity index (χ2n) is 7.70. The third-order valence-electron chi connectivity index (χ3n) is 5.60. The zero-order valence-electron chi connectivity index (χ0n) is 17.6. The summed E-state index contributed by atoms with van der Waals surface area (Å²) in [6.07, 6.45) is -5.69. The molecule has 1 atom stereocenters. The van der Waals surface area contributed by atoms with Crippen LogP contribution in [0.4, 0.5) is 17.6 Å². The van der Waals surface area contributed by atoms with Gasteiger partial charge in [0.2, 0.25) is 0 Å². The fraction of sp³-hybridized carbons (Fsp3) is 0.217. The van der Waals surface area contributed by atoms with E-state index in [4.69, 9.17) is 28.0 Å². The van der Waals surface area contributed by atoms with Gasteiger partial charge in [-0.1, -0.05) is 63.9 Å². The Hall–Kier alpha value is -3.24. The predicted octanol–water partition coefficient (Wildman–Crippen LogP) is 6.36. The largest absolute Gasteiger partial charge is 0.435 e. The number of amides is 1. The van der Waals surface area contributed by atoms with E-state index in [2.05, 4.69) is 15.6 Å². The molecular formula is C23H15Cl2F4N3O3. The van der Waals surface area contributed by atoms with Crippen LogP contribution in [0.2, 0.25) is 10.0 Å². The van der Waals surface area contributed by atoms with Gasteiger partial charge < -0.3 is 10.2 Å². The molecule has 3 aromatic carbocycles. The summed E-state index contributed by atoms with van der Waals surface area (Å²) < 4.78 is 56.8. The Kier molecular flexibility index (Phi) is 6.70. The summed E-state index contributed by atoms with van der Waals surface area (Å²) in [4.78, 5) is 27.8. The lowest BCUT2D eigenvalue weighted by Crippen LogP contribution is -2.42. The maximum Gasteiger partial charge on any atom is 0.435 e. The molecule has 0 saturated carbocycles. The van der Waals surface area contributed by atoms with E-state index >= 15 is 0 Å². The van der Waals surface area contributed by atoms with Crippen LogP contribution in [0.1, 0.15) is 27.9 Å². The van der Waals surface area contributed by atoms with Crippen LogP contribution in [0, 0.1) is 10.7 Å². The van der Waals surface area contributed by atoms with Crippen LogP contribution >= 0.6 is 23.2 Å². The van der Waals surface area contributed by atoms with Gasteiger partial charge in [0.15, 0.2) is 5.82 Å². The topological polar surface area (TPSA) is 80.1 Å². The van der Waals surface area contributed by atoms with Crippen molar-refractivity contribution in [3.8, 4) is 0 Å². The van der Waals surface area contributed by atoms with Crippen molar-refractivity contribution in [2.45, 2.75) is 18.2 Å². The van der Waals surface area contributed by atoms with Crippen LogP contribution in [0.15, 0.2) is 58.9 Å². The lowest BCUT2D eigenvalue weighted by molar-refractivity contribution is -0.275. The van der Waals surface area contributed by atoms with Crippen molar-refractivity contribution >= 4 is 45.6 Å². The zero-order valence-corrected chi connectivity index (χ0v) is 19.1. The van der Waals surface area contributed by atoms with Crippen molar-refractivity contribution in [1.82, 2.24) is 5.32 Å². The highest BCUT2D eigenvalue weighted by Gasteiger charge is 2.62. The van der Waals surface area contributed by atoms with Gasteiger partial charge in [-0.15, -0.1) is 0 Å². The molecule has 3 aromatic rings. The Morgan fingerprint density at radius 2 is 1.77 bits per heavy atom. The van der Waals surface area contributed by atoms with Gasteiger partial charge in [0.25, 0.3) is 11.5 Å². The normalized spacial score (nSPS) is 17.7. The maximum atomic E-state index is 14.3. The van der Waals surface area contributed by atoms with E-state index in [0.717, 1.165) is 12.1 Å². The lowest BCUT2D eigenvalue weighted by Gasteiger charge is -2.29. The van der Waals surface area contributed by atoms with Crippen LogP contribution < -0.4 is 5.32 Å². The van der Waals surface area contributed by atoms with Gasteiger partial charge in [0.05, 0.1) is 22.3 Å². The van der Waals surface area contributed by atoms with Gasteiger partial charge in [-0.2, -0.15) is 18.1 Å². The summed E-state index contributed by atoms with van der Waals surface area (Å²) in [5.41, 5.74) is -2.90. The molecule has 1 unspecified atom stereocenters. The number of nitrogens with zero attached hydrogens (tertiary/aromatic N) is 2. The summed E-state index contributed by atoms with van der Waals surface area (Å²) in [7, 11) is 0. The first kappa shape index (κ1) is 24.9. The summed E-state index contributed by atoms with van der Waals surface area (Å²) in [5.74, 6) is -1.52. The SMILES string of the molecule is O=NCCNC(=O)c1ccc(C2=NOC(c3cc(Cl)c(F)c(Cl)c3)(C(F)(F)F)C2)c2ccccc12. The minimum absolute atomic E-state index is 0.0350. The quantitative estimate of drug-likeness (QED) is 0.175. The van der Waals surface area contributed by atoms with Crippen LogP contribution in [0.5, 0.6) is 0 Å². The smallest absolute Gasteiger partial charge is 0.374 e. The molecule has 1 aliphatic heterocycles. The van der Waals surface area contributed by atoms with E-state index in [-0.39, 0.29) is 24.4 Å². The molecule has 35 heavy (non-hydrogen) atoms. The van der Waals surface area contributed by atoms with Crippen LogP contribution in [-0.2, 0) is 10.4 Å². The van der Waals surface area contributed by atoms with Crippen LogP contribution in [0.3, 0.4) is 0 Å². The van der Waals surface area contributed by atoms with E-state index in [1.165, 1.54) is 12.1 Å². The van der Waals surface area contributed by atoms with Crippen LogP contribution in [0.25, 0.3) is 10.8 Å². The third-order valence-corrected chi connectivity index (χ3v) is 6.15. The molecule has 0 aromatic heterocycles. The van der Waals surface area contributed by atoms with E-state index in [1.807, 2.05) is 0 Å². The number of nitroso groups, excluding NO2 is 1. The first-order chi connectivity index (χ1) is 16.6. The van der Waals surface area contributed by atoms with Crippen LogP contribution in [-0.4, -0.2) is 30.9 Å². The number of nitrogens with one attached hydrogen (secondary N) is 1. The van der Waals surface area contributed by atoms with E-state index < -0.39 is 45.5 Å². The number of carbonyl (C=O) groups is 1. The van der Waals surface area contributed by atoms with Gasteiger partial charge in [0, 0.05) is 29.7 Å². The molecule has 12 heteroatoms. The average Bonchev–Trinajstić information content (AvgIpc) is 3.28. The molecule has 1 N–H and O–H groups in total. The number of oxime groups is 1. The molecule has 0 spiro atoms. The van der Waals surface area contributed by atoms with E-state index in [1.54, 1.807) is 24.3 Å². The third kappa shape index (κ3) is 4.43. The molecule has 4 rings (SSSR count). The number of hydrogen-bond donors (Lipinski definition) is 1. The molecule has 0 fully saturated rings. The van der Waals surface area contributed by atoms with Crippen molar-refractivity contribution < 1.29 is 27.2 Å². The van der Waals surface area contributed by atoms with Gasteiger partial charge in [-0.3, -0.25) is 4.79 Å². The van der Waals surface area contributed by atoms with Gasteiger partial charge in [-0.25, -0.2) is 4.39 Å². The molecule has 6 nitrogen and oxygen atoms in total. The average molecular weight is 528 g/mol. The Bertz CT molecular complexity index is 1340. The Balaban J connectivity index is 1.76. The number of carbonyl (C=O) groups excluding carboxylic acids is 1. The van der Waals surface area contributed by atoms with Crippen molar-refractivity contribution in [3.63, 3.8) is 0 Å². The molecular weight excluding hydrogens is 513 g/mol. The number of alkyl halides is 3. The molecule has 1 amide bonds. The highest BCUT2D eigenvalue weighted by Crippen LogP contribution is 2.50. The Morgan fingerprint density at radius 3 is 2.40 bits per heavy atom. The second-order valence-corrected chi connectivity index (χ2v) is 8.51. The lowest BCUT2D eigenvalue weighted by atomic mass is 9.85. The van der Waals surface area contributed by atoms with Crippen molar-refractivity contribution in [1.29, 1.82) is 0 Å². The summed E-state index contributed by atoms with van der Waals surface area (Å²) >= 11 is 11.5. The zero-order chi connectivity index (χ0) is 25.4. The Labute approximate surface area is 205 Å². The highest BCUT2D eigenvalue weighted by molar-refractivity contribution is 6.35. The van der Waals surface area contributed by atoms with Crippen molar-refractivity contribution in [3.05, 3.63) is 86.0 Å². The number of fused-ring (bicyclic) bond motifs is 1. The molecule has 0 saturated heterocycles. The van der Waals surface area contributed by atoms with Crippen molar-refractivity contribution in [2.24, 2.45) is 10.3 Å². The fourth-order valence-corrected chi connectivity index (χ4v) is 4.38. The molecule has 182 valence electrons. The summed E-state index contributed by atoms with van der Waals surface area (Å²) in [6, 6.07) is 11.2. The van der Waals surface area contributed by atoms with Gasteiger partial charge >= 0.3 is 6.18 Å². The van der Waals surface area contributed by atoms with E-state index in [0.29, 0.717) is 16.3 Å². The first-order valence-electron chi connectivity index (χ1n) is 10.2. The van der Waals surface area contributed by atoms with Gasteiger partial charge in [-0.05, 0) is 29.0 Å². The number of halogens is 6. The molecule has 0 bridgehead atoms. The summed E-state index contributed by atoms with van der Waals surface area (Å²) in [5, 5.41) is 8.73. The first-order valence-corrected chi connectivity index (χ1v) is 10.9. The minimum atomic E-state index is -4.95. The minimum Gasteiger partial charge on any atom is -0.374 e. The summed E-state index contributed by atoms with van der Waals surface area (Å²) in [6.45, 7) is -0.0668. The van der Waals surface area contributed by atoms with Gasteiger partial charge in [0.1, 0.15) is 0 Å².